The molecule has 3 heteroatoms. The van der Waals surface area contributed by atoms with Gasteiger partial charge in [0.1, 0.15) is 11.5 Å². The molecule has 0 saturated carbocycles. The van der Waals surface area contributed by atoms with Gasteiger partial charge in [-0.1, -0.05) is 25.1 Å². The molecular formula is C16H16O2S. The zero-order valence-electron chi connectivity index (χ0n) is 10.7. The van der Waals surface area contributed by atoms with Crippen molar-refractivity contribution in [2.45, 2.75) is 23.7 Å². The van der Waals surface area contributed by atoms with Gasteiger partial charge in [-0.15, -0.1) is 11.8 Å². The van der Waals surface area contributed by atoms with Gasteiger partial charge >= 0.3 is 0 Å². The van der Waals surface area contributed by atoms with E-state index in [0.717, 1.165) is 5.75 Å². The summed E-state index contributed by atoms with van der Waals surface area (Å²) in [5.41, 5.74) is 2.56. The molecular weight excluding hydrogens is 256 g/mol. The van der Waals surface area contributed by atoms with E-state index in [9.17, 15) is 10.2 Å². The molecule has 2 unspecified atom stereocenters. The predicted molar refractivity (Wildman–Crippen MR) is 78.1 cm³/mol. The Kier molecular flexibility index (Phi) is 3.15. The Morgan fingerprint density at radius 3 is 2.42 bits per heavy atom. The molecule has 2 atom stereocenters. The molecule has 1 aliphatic rings. The minimum absolute atomic E-state index is 0.310. The molecule has 0 bridgehead atoms. The topological polar surface area (TPSA) is 40.5 Å². The van der Waals surface area contributed by atoms with Crippen LogP contribution in [0.1, 0.15) is 29.9 Å². The van der Waals surface area contributed by atoms with E-state index in [4.69, 9.17) is 0 Å². The molecule has 1 aliphatic heterocycles. The Bertz CT molecular complexity index is 592. The first kappa shape index (κ1) is 12.4. The molecule has 2 N–H and O–H groups in total. The van der Waals surface area contributed by atoms with E-state index in [2.05, 4.69) is 6.92 Å². The first-order valence-electron chi connectivity index (χ1n) is 6.40. The largest absolute Gasteiger partial charge is 0.508 e. The third-order valence-electron chi connectivity index (χ3n) is 3.83. The second-order valence-electron chi connectivity index (χ2n) is 5.02. The zero-order chi connectivity index (χ0) is 13.4. The van der Waals surface area contributed by atoms with Gasteiger partial charge in [-0.3, -0.25) is 0 Å². The normalized spacial score (nSPS) is 21.9. The fourth-order valence-electron chi connectivity index (χ4n) is 2.67. The van der Waals surface area contributed by atoms with Gasteiger partial charge in [-0.25, -0.2) is 0 Å². The summed E-state index contributed by atoms with van der Waals surface area (Å²) >= 11 is 1.79. The Labute approximate surface area is 117 Å². The monoisotopic (exact) mass is 272 g/mol. The maximum atomic E-state index is 9.55. The highest BCUT2D eigenvalue weighted by Crippen LogP contribution is 2.46. The summed E-state index contributed by atoms with van der Waals surface area (Å²) in [6.45, 7) is 2.23. The fraction of sp³-hybridized carbons (Fsp3) is 0.250. The number of aromatic hydroxyl groups is 2. The average molecular weight is 272 g/mol. The van der Waals surface area contributed by atoms with Crippen molar-refractivity contribution < 1.29 is 10.2 Å². The molecule has 0 amide bonds. The van der Waals surface area contributed by atoms with E-state index in [1.54, 1.807) is 30.0 Å². The lowest BCUT2D eigenvalue weighted by molar-refractivity contribution is 0.471. The number of thioether (sulfide) groups is 1. The molecule has 2 aromatic carbocycles. The number of hydrogen-bond acceptors (Lipinski definition) is 3. The average Bonchev–Trinajstić information content (AvgIpc) is 2.40. The highest BCUT2D eigenvalue weighted by Gasteiger charge is 2.28. The van der Waals surface area contributed by atoms with E-state index < -0.39 is 0 Å². The standard InChI is InChI=1S/C16H16O2S/c1-10-14-7-6-13(18)8-16(14)19-9-15(10)11-2-4-12(17)5-3-11/h2-8,10,15,17-18H,9H2,1H3. The van der Waals surface area contributed by atoms with Crippen LogP contribution in [0.3, 0.4) is 0 Å². The molecule has 0 aromatic heterocycles. The maximum Gasteiger partial charge on any atom is 0.116 e. The lowest BCUT2D eigenvalue weighted by Gasteiger charge is -2.31. The lowest BCUT2D eigenvalue weighted by Crippen LogP contribution is -2.16. The number of hydrogen-bond donors (Lipinski definition) is 2. The Morgan fingerprint density at radius 2 is 1.68 bits per heavy atom. The summed E-state index contributed by atoms with van der Waals surface area (Å²) in [5.74, 6) is 2.51. The van der Waals surface area contributed by atoms with Gasteiger partial charge in [-0.2, -0.15) is 0 Å². The van der Waals surface area contributed by atoms with E-state index in [1.165, 1.54) is 16.0 Å². The van der Waals surface area contributed by atoms with Crippen LogP contribution in [0.5, 0.6) is 11.5 Å². The number of phenols is 2. The Morgan fingerprint density at radius 1 is 1.00 bits per heavy atom. The van der Waals surface area contributed by atoms with Crippen molar-refractivity contribution in [2.75, 3.05) is 5.75 Å². The van der Waals surface area contributed by atoms with E-state index in [1.807, 2.05) is 24.3 Å². The van der Waals surface area contributed by atoms with Gasteiger partial charge in [0.15, 0.2) is 0 Å². The molecule has 98 valence electrons. The van der Waals surface area contributed by atoms with Gasteiger partial charge in [0.2, 0.25) is 0 Å². The summed E-state index contributed by atoms with van der Waals surface area (Å²) in [7, 11) is 0. The van der Waals surface area contributed by atoms with Crippen molar-refractivity contribution >= 4 is 11.8 Å². The Hall–Kier alpha value is -1.61. The fourth-order valence-corrected chi connectivity index (χ4v) is 4.14. The van der Waals surface area contributed by atoms with Crippen LogP contribution < -0.4 is 0 Å². The molecule has 0 aliphatic carbocycles. The van der Waals surface area contributed by atoms with Crippen LogP contribution in [0.2, 0.25) is 0 Å². The minimum Gasteiger partial charge on any atom is -0.508 e. The molecule has 0 fully saturated rings. The molecule has 3 rings (SSSR count). The van der Waals surface area contributed by atoms with Crippen LogP contribution in [-0.2, 0) is 0 Å². The minimum atomic E-state index is 0.310. The van der Waals surface area contributed by atoms with Crippen LogP contribution in [-0.4, -0.2) is 16.0 Å². The van der Waals surface area contributed by atoms with Gasteiger partial charge in [0.25, 0.3) is 0 Å². The quantitative estimate of drug-likeness (QED) is 0.821. The summed E-state index contributed by atoms with van der Waals surface area (Å²) in [4.78, 5) is 1.18. The number of fused-ring (bicyclic) bond motifs is 1. The van der Waals surface area contributed by atoms with Crippen molar-refractivity contribution in [3.8, 4) is 11.5 Å². The molecule has 19 heavy (non-hydrogen) atoms. The van der Waals surface area contributed by atoms with Crippen molar-refractivity contribution in [3.63, 3.8) is 0 Å². The number of phenolic OH excluding ortho intramolecular Hbond substituents is 2. The summed E-state index contributed by atoms with van der Waals surface area (Å²) < 4.78 is 0. The SMILES string of the molecule is CC1c2ccc(O)cc2SCC1c1ccc(O)cc1. The molecule has 2 nitrogen and oxygen atoms in total. The summed E-state index contributed by atoms with van der Waals surface area (Å²) in [6, 6.07) is 13.1. The van der Waals surface area contributed by atoms with Crippen molar-refractivity contribution in [1.82, 2.24) is 0 Å². The van der Waals surface area contributed by atoms with Crippen LogP contribution >= 0.6 is 11.8 Å². The molecule has 0 saturated heterocycles. The van der Waals surface area contributed by atoms with Crippen molar-refractivity contribution in [1.29, 1.82) is 0 Å². The molecule has 1 heterocycles. The van der Waals surface area contributed by atoms with E-state index in [0.29, 0.717) is 23.3 Å². The first-order valence-corrected chi connectivity index (χ1v) is 7.38. The zero-order valence-corrected chi connectivity index (χ0v) is 11.5. The molecule has 0 radical (unpaired) electrons. The molecule has 2 aromatic rings. The van der Waals surface area contributed by atoms with E-state index >= 15 is 0 Å². The highest BCUT2D eigenvalue weighted by atomic mass is 32.2. The predicted octanol–water partition coefficient (Wildman–Crippen LogP) is 4.09. The second kappa shape index (κ2) is 4.82. The van der Waals surface area contributed by atoms with Crippen LogP contribution in [0.4, 0.5) is 0 Å². The lowest BCUT2D eigenvalue weighted by atomic mass is 9.83. The Balaban J connectivity index is 1.95. The van der Waals surface area contributed by atoms with Crippen molar-refractivity contribution in [2.24, 2.45) is 0 Å². The number of rotatable bonds is 1. The van der Waals surface area contributed by atoms with E-state index in [-0.39, 0.29) is 0 Å². The summed E-state index contributed by atoms with van der Waals surface area (Å²) in [5, 5.41) is 18.9. The number of benzene rings is 2. The van der Waals surface area contributed by atoms with Gasteiger partial charge in [-0.05, 0) is 47.2 Å². The van der Waals surface area contributed by atoms with Gasteiger partial charge in [0.05, 0.1) is 0 Å². The summed E-state index contributed by atoms with van der Waals surface area (Å²) in [6.07, 6.45) is 0. The van der Waals surface area contributed by atoms with Crippen molar-refractivity contribution in [3.05, 3.63) is 53.6 Å². The highest BCUT2D eigenvalue weighted by molar-refractivity contribution is 7.99. The third kappa shape index (κ3) is 2.30. The van der Waals surface area contributed by atoms with Gasteiger partial charge in [0, 0.05) is 10.6 Å². The van der Waals surface area contributed by atoms with Crippen LogP contribution in [0.25, 0.3) is 0 Å². The first-order chi connectivity index (χ1) is 9.15. The second-order valence-corrected chi connectivity index (χ2v) is 6.08. The maximum absolute atomic E-state index is 9.55. The van der Waals surface area contributed by atoms with Crippen LogP contribution in [0, 0.1) is 0 Å². The third-order valence-corrected chi connectivity index (χ3v) is 5.02. The molecule has 0 spiro atoms. The van der Waals surface area contributed by atoms with Gasteiger partial charge < -0.3 is 10.2 Å². The smallest absolute Gasteiger partial charge is 0.116 e. The van der Waals surface area contributed by atoms with Crippen LogP contribution in [0.15, 0.2) is 47.4 Å².